The van der Waals surface area contributed by atoms with Gasteiger partial charge in [-0.2, -0.15) is 0 Å². The third-order valence-electron chi connectivity index (χ3n) is 2.54. The minimum absolute atomic E-state index is 0.0635. The van der Waals surface area contributed by atoms with E-state index in [1.807, 2.05) is 13.0 Å². The summed E-state index contributed by atoms with van der Waals surface area (Å²) in [6.07, 6.45) is 0. The molecule has 0 unspecified atom stereocenters. The lowest BCUT2D eigenvalue weighted by Crippen LogP contribution is -2.14. The first-order valence-corrected chi connectivity index (χ1v) is 5.62. The van der Waals surface area contributed by atoms with Crippen molar-refractivity contribution in [3.05, 3.63) is 59.4 Å². The third kappa shape index (κ3) is 3.01. The molecule has 19 heavy (non-hydrogen) atoms. The fraction of sp³-hybridized carbons (Fsp3) is 0.0714. The SMILES string of the molecule is Cc1ccc(C(N)=NO)c(Oc2cccc(F)c2)c1. The quantitative estimate of drug-likeness (QED) is 0.386. The molecule has 2 aromatic rings. The fourth-order valence-electron chi connectivity index (χ4n) is 1.64. The summed E-state index contributed by atoms with van der Waals surface area (Å²) in [7, 11) is 0. The van der Waals surface area contributed by atoms with Crippen LogP contribution in [0.2, 0.25) is 0 Å². The second kappa shape index (κ2) is 5.39. The van der Waals surface area contributed by atoms with E-state index in [2.05, 4.69) is 5.16 Å². The zero-order chi connectivity index (χ0) is 13.8. The van der Waals surface area contributed by atoms with E-state index in [0.29, 0.717) is 17.1 Å². The van der Waals surface area contributed by atoms with Gasteiger partial charge in [0, 0.05) is 6.07 Å². The van der Waals surface area contributed by atoms with Crippen LogP contribution in [0.5, 0.6) is 11.5 Å². The van der Waals surface area contributed by atoms with Crippen molar-refractivity contribution in [2.45, 2.75) is 6.92 Å². The first kappa shape index (κ1) is 12.9. The summed E-state index contributed by atoms with van der Waals surface area (Å²) in [5.74, 6) is 0.292. The molecule has 98 valence electrons. The number of rotatable bonds is 3. The highest BCUT2D eigenvalue weighted by atomic mass is 19.1. The summed E-state index contributed by atoms with van der Waals surface area (Å²) in [6, 6.07) is 11.0. The zero-order valence-electron chi connectivity index (χ0n) is 10.3. The smallest absolute Gasteiger partial charge is 0.173 e. The molecule has 5 heteroatoms. The van der Waals surface area contributed by atoms with E-state index in [1.54, 1.807) is 24.3 Å². The minimum Gasteiger partial charge on any atom is -0.456 e. The van der Waals surface area contributed by atoms with Crippen LogP contribution in [0.25, 0.3) is 0 Å². The number of aryl methyl sites for hydroxylation is 1. The standard InChI is InChI=1S/C14H13FN2O2/c1-9-5-6-12(14(16)17-18)13(7-9)19-11-4-2-3-10(15)8-11/h2-8,18H,1H3,(H2,16,17). The molecular weight excluding hydrogens is 247 g/mol. The topological polar surface area (TPSA) is 67.8 Å². The first-order chi connectivity index (χ1) is 9.10. The Morgan fingerprint density at radius 2 is 2.05 bits per heavy atom. The van der Waals surface area contributed by atoms with E-state index in [0.717, 1.165) is 5.56 Å². The maximum Gasteiger partial charge on any atom is 0.173 e. The van der Waals surface area contributed by atoms with Gasteiger partial charge in [0.2, 0.25) is 0 Å². The van der Waals surface area contributed by atoms with E-state index in [-0.39, 0.29) is 5.84 Å². The molecule has 2 rings (SSSR count). The Morgan fingerprint density at radius 3 is 2.74 bits per heavy atom. The van der Waals surface area contributed by atoms with Crippen LogP contribution in [0.1, 0.15) is 11.1 Å². The number of nitrogens with two attached hydrogens (primary N) is 1. The van der Waals surface area contributed by atoms with Crippen molar-refractivity contribution in [1.82, 2.24) is 0 Å². The number of benzene rings is 2. The summed E-state index contributed by atoms with van der Waals surface area (Å²) in [5, 5.41) is 11.7. The van der Waals surface area contributed by atoms with Crippen molar-refractivity contribution in [2.24, 2.45) is 10.9 Å². The van der Waals surface area contributed by atoms with Gasteiger partial charge in [-0.3, -0.25) is 0 Å². The molecule has 0 aliphatic heterocycles. The van der Waals surface area contributed by atoms with Gasteiger partial charge in [0.15, 0.2) is 5.84 Å². The summed E-state index contributed by atoms with van der Waals surface area (Å²) < 4.78 is 18.7. The first-order valence-electron chi connectivity index (χ1n) is 5.62. The Balaban J connectivity index is 2.41. The number of hydrogen-bond donors (Lipinski definition) is 2. The number of amidine groups is 1. The summed E-state index contributed by atoms with van der Waals surface area (Å²) >= 11 is 0. The number of halogens is 1. The molecule has 3 N–H and O–H groups in total. The van der Waals surface area contributed by atoms with Crippen molar-refractivity contribution >= 4 is 5.84 Å². The normalized spacial score (nSPS) is 11.4. The average molecular weight is 260 g/mol. The minimum atomic E-state index is -0.393. The molecule has 2 aromatic carbocycles. The maximum absolute atomic E-state index is 13.1. The second-order valence-corrected chi connectivity index (χ2v) is 4.04. The molecule has 0 aromatic heterocycles. The van der Waals surface area contributed by atoms with E-state index in [4.69, 9.17) is 15.7 Å². The van der Waals surface area contributed by atoms with Crippen molar-refractivity contribution < 1.29 is 14.3 Å². The van der Waals surface area contributed by atoms with E-state index < -0.39 is 5.82 Å². The predicted molar refractivity (Wildman–Crippen MR) is 70.2 cm³/mol. The Bertz CT molecular complexity index is 627. The Labute approximate surface area is 109 Å². The van der Waals surface area contributed by atoms with Crippen molar-refractivity contribution in [3.63, 3.8) is 0 Å². The fourth-order valence-corrected chi connectivity index (χ4v) is 1.64. The van der Waals surface area contributed by atoms with E-state index in [9.17, 15) is 4.39 Å². The molecule has 0 heterocycles. The zero-order valence-corrected chi connectivity index (χ0v) is 10.3. The molecule has 0 saturated heterocycles. The average Bonchev–Trinajstić information content (AvgIpc) is 2.38. The van der Waals surface area contributed by atoms with Gasteiger partial charge >= 0.3 is 0 Å². The summed E-state index contributed by atoms with van der Waals surface area (Å²) in [6.45, 7) is 1.88. The lowest BCUT2D eigenvalue weighted by Gasteiger charge is -2.11. The number of hydrogen-bond acceptors (Lipinski definition) is 3. The molecule has 0 fully saturated rings. The maximum atomic E-state index is 13.1. The van der Waals surface area contributed by atoms with Crippen LogP contribution in [0, 0.1) is 12.7 Å². The molecule has 0 radical (unpaired) electrons. The highest BCUT2D eigenvalue weighted by molar-refractivity contribution is 5.99. The van der Waals surface area contributed by atoms with Gasteiger partial charge in [0.05, 0.1) is 5.56 Å². The van der Waals surface area contributed by atoms with Crippen molar-refractivity contribution in [1.29, 1.82) is 0 Å². The number of nitrogens with zero attached hydrogens (tertiary/aromatic N) is 1. The molecule has 0 atom stereocenters. The number of oxime groups is 1. The van der Waals surface area contributed by atoms with Gasteiger partial charge in [0.1, 0.15) is 17.3 Å². The van der Waals surface area contributed by atoms with Crippen molar-refractivity contribution in [3.8, 4) is 11.5 Å². The van der Waals surface area contributed by atoms with E-state index in [1.165, 1.54) is 12.1 Å². The summed E-state index contributed by atoms with van der Waals surface area (Å²) in [5.41, 5.74) is 6.96. The van der Waals surface area contributed by atoms with Crippen LogP contribution >= 0.6 is 0 Å². The van der Waals surface area contributed by atoms with Crippen LogP contribution in [0.15, 0.2) is 47.6 Å². The molecular formula is C14H13FN2O2. The van der Waals surface area contributed by atoms with Gasteiger partial charge < -0.3 is 15.7 Å². The molecule has 0 aliphatic rings. The largest absolute Gasteiger partial charge is 0.456 e. The Morgan fingerprint density at radius 1 is 1.26 bits per heavy atom. The van der Waals surface area contributed by atoms with Crippen LogP contribution in [0.4, 0.5) is 4.39 Å². The number of ether oxygens (including phenoxy) is 1. The molecule has 0 saturated carbocycles. The van der Waals surface area contributed by atoms with Gasteiger partial charge in [-0.05, 0) is 36.8 Å². The molecule has 0 amide bonds. The third-order valence-corrected chi connectivity index (χ3v) is 2.54. The molecule has 0 aliphatic carbocycles. The summed E-state index contributed by atoms with van der Waals surface area (Å²) in [4.78, 5) is 0. The van der Waals surface area contributed by atoms with Crippen LogP contribution < -0.4 is 10.5 Å². The van der Waals surface area contributed by atoms with Gasteiger partial charge in [-0.1, -0.05) is 17.3 Å². The Hall–Kier alpha value is -2.56. The highest BCUT2D eigenvalue weighted by Crippen LogP contribution is 2.26. The van der Waals surface area contributed by atoms with Crippen LogP contribution in [-0.2, 0) is 0 Å². The van der Waals surface area contributed by atoms with E-state index >= 15 is 0 Å². The highest BCUT2D eigenvalue weighted by Gasteiger charge is 2.10. The van der Waals surface area contributed by atoms with Gasteiger partial charge in [-0.25, -0.2) is 4.39 Å². The molecule has 4 nitrogen and oxygen atoms in total. The van der Waals surface area contributed by atoms with Gasteiger partial charge in [-0.15, -0.1) is 0 Å². The van der Waals surface area contributed by atoms with Gasteiger partial charge in [0.25, 0.3) is 0 Å². The van der Waals surface area contributed by atoms with Crippen molar-refractivity contribution in [2.75, 3.05) is 0 Å². The molecule has 0 spiro atoms. The lowest BCUT2D eigenvalue weighted by atomic mass is 10.1. The van der Waals surface area contributed by atoms with Crippen LogP contribution in [0.3, 0.4) is 0 Å². The van der Waals surface area contributed by atoms with Crippen LogP contribution in [-0.4, -0.2) is 11.0 Å². The molecule has 0 bridgehead atoms. The Kier molecular flexibility index (Phi) is 3.66. The monoisotopic (exact) mass is 260 g/mol. The predicted octanol–water partition coefficient (Wildman–Crippen LogP) is 3.02. The second-order valence-electron chi connectivity index (χ2n) is 4.04. The lowest BCUT2D eigenvalue weighted by molar-refractivity contribution is 0.318.